The highest BCUT2D eigenvalue weighted by molar-refractivity contribution is 5.97. The number of aromatic nitrogens is 3. The summed E-state index contributed by atoms with van der Waals surface area (Å²) in [5, 5.41) is 10.2. The lowest BCUT2D eigenvalue weighted by Crippen LogP contribution is -2.51. The molecule has 7 nitrogen and oxygen atoms in total. The van der Waals surface area contributed by atoms with Crippen molar-refractivity contribution in [3.8, 4) is 5.82 Å². The van der Waals surface area contributed by atoms with Crippen LogP contribution in [0.3, 0.4) is 0 Å². The number of nitrogens with one attached hydrogen (secondary N) is 2. The molecule has 0 aromatic carbocycles. The standard InChI is InChI=1S/C15H19N5O2/c1-22-15(5-8-16-9-6-15)14(21)19-12-3-4-13(17-11-12)20-10-2-7-18-20/h2-4,7,10-11,16H,5-6,8-9H2,1H3,(H,19,21). The Morgan fingerprint density at radius 3 is 2.82 bits per heavy atom. The highest BCUT2D eigenvalue weighted by Crippen LogP contribution is 2.24. The zero-order valence-corrected chi connectivity index (χ0v) is 12.5. The van der Waals surface area contributed by atoms with Crippen molar-refractivity contribution in [3.63, 3.8) is 0 Å². The monoisotopic (exact) mass is 301 g/mol. The van der Waals surface area contributed by atoms with Crippen LogP contribution in [0.1, 0.15) is 12.8 Å². The summed E-state index contributed by atoms with van der Waals surface area (Å²) in [5.74, 6) is 0.580. The van der Waals surface area contributed by atoms with Crippen molar-refractivity contribution in [2.45, 2.75) is 18.4 Å². The van der Waals surface area contributed by atoms with E-state index in [1.165, 1.54) is 0 Å². The number of amides is 1. The van der Waals surface area contributed by atoms with E-state index < -0.39 is 5.60 Å². The number of rotatable bonds is 4. The van der Waals surface area contributed by atoms with E-state index in [1.54, 1.807) is 24.2 Å². The summed E-state index contributed by atoms with van der Waals surface area (Å²) >= 11 is 0. The molecule has 0 aliphatic carbocycles. The summed E-state index contributed by atoms with van der Waals surface area (Å²) in [6.07, 6.45) is 6.45. The molecule has 2 aromatic heterocycles. The van der Waals surface area contributed by atoms with Crippen molar-refractivity contribution in [1.82, 2.24) is 20.1 Å². The van der Waals surface area contributed by atoms with Gasteiger partial charge in [0.1, 0.15) is 5.60 Å². The number of carbonyl (C=O) groups is 1. The topological polar surface area (TPSA) is 81.1 Å². The minimum Gasteiger partial charge on any atom is -0.368 e. The van der Waals surface area contributed by atoms with Crippen molar-refractivity contribution in [3.05, 3.63) is 36.8 Å². The van der Waals surface area contributed by atoms with Gasteiger partial charge in [-0.3, -0.25) is 4.79 Å². The number of hydrogen-bond acceptors (Lipinski definition) is 5. The average Bonchev–Trinajstić information content (AvgIpc) is 3.10. The fraction of sp³-hybridized carbons (Fsp3) is 0.400. The molecule has 1 aliphatic rings. The number of piperidine rings is 1. The Hall–Kier alpha value is -2.25. The van der Waals surface area contributed by atoms with Crippen LogP contribution in [-0.2, 0) is 9.53 Å². The Morgan fingerprint density at radius 2 is 2.23 bits per heavy atom. The zero-order chi connectivity index (χ0) is 15.4. The van der Waals surface area contributed by atoms with Gasteiger partial charge in [-0.15, -0.1) is 0 Å². The molecule has 7 heteroatoms. The molecule has 0 unspecified atom stereocenters. The second-order valence-electron chi connectivity index (χ2n) is 5.26. The number of pyridine rings is 1. The first-order valence-corrected chi connectivity index (χ1v) is 7.27. The first-order valence-electron chi connectivity index (χ1n) is 7.27. The molecule has 0 spiro atoms. The maximum Gasteiger partial charge on any atom is 0.256 e. The first kappa shape index (κ1) is 14.7. The van der Waals surface area contributed by atoms with E-state index in [-0.39, 0.29) is 5.91 Å². The summed E-state index contributed by atoms with van der Waals surface area (Å²) in [5.41, 5.74) is -0.109. The van der Waals surface area contributed by atoms with Crippen LogP contribution in [0.5, 0.6) is 0 Å². The zero-order valence-electron chi connectivity index (χ0n) is 12.5. The van der Waals surface area contributed by atoms with Crippen LogP contribution in [-0.4, -0.2) is 46.5 Å². The van der Waals surface area contributed by atoms with E-state index in [9.17, 15) is 4.79 Å². The quantitative estimate of drug-likeness (QED) is 0.879. The lowest BCUT2D eigenvalue weighted by atomic mass is 9.91. The predicted octanol–water partition coefficient (Wildman–Crippen LogP) is 0.974. The van der Waals surface area contributed by atoms with Gasteiger partial charge in [-0.2, -0.15) is 5.10 Å². The lowest BCUT2D eigenvalue weighted by Gasteiger charge is -2.34. The third-order valence-corrected chi connectivity index (χ3v) is 3.96. The molecule has 3 heterocycles. The van der Waals surface area contributed by atoms with Gasteiger partial charge in [0.15, 0.2) is 5.82 Å². The molecule has 22 heavy (non-hydrogen) atoms. The van der Waals surface area contributed by atoms with Gasteiger partial charge in [-0.1, -0.05) is 0 Å². The summed E-state index contributed by atoms with van der Waals surface area (Å²) < 4.78 is 7.17. The Balaban J connectivity index is 1.71. The fourth-order valence-electron chi connectivity index (χ4n) is 2.60. The Kier molecular flexibility index (Phi) is 4.17. The van der Waals surface area contributed by atoms with E-state index in [1.807, 2.05) is 24.4 Å². The van der Waals surface area contributed by atoms with E-state index in [0.717, 1.165) is 13.1 Å². The largest absolute Gasteiger partial charge is 0.368 e. The highest BCUT2D eigenvalue weighted by atomic mass is 16.5. The van der Waals surface area contributed by atoms with E-state index in [4.69, 9.17) is 4.74 Å². The summed E-state index contributed by atoms with van der Waals surface area (Å²) in [4.78, 5) is 16.8. The second-order valence-corrected chi connectivity index (χ2v) is 5.26. The van der Waals surface area contributed by atoms with Gasteiger partial charge in [0.05, 0.1) is 11.9 Å². The molecular formula is C15H19N5O2. The van der Waals surface area contributed by atoms with Crippen LogP contribution in [0.4, 0.5) is 5.69 Å². The van der Waals surface area contributed by atoms with Crippen LogP contribution in [0.2, 0.25) is 0 Å². The minimum atomic E-state index is -0.758. The SMILES string of the molecule is COC1(C(=O)Nc2ccc(-n3cccn3)nc2)CCNCC1. The number of nitrogens with zero attached hydrogens (tertiary/aromatic N) is 3. The van der Waals surface area contributed by atoms with Gasteiger partial charge in [0.25, 0.3) is 5.91 Å². The summed E-state index contributed by atoms with van der Waals surface area (Å²) in [7, 11) is 1.59. The predicted molar refractivity (Wildman–Crippen MR) is 81.8 cm³/mol. The molecular weight excluding hydrogens is 282 g/mol. The number of methoxy groups -OCH3 is 1. The number of hydrogen-bond donors (Lipinski definition) is 2. The van der Waals surface area contributed by atoms with Crippen molar-refractivity contribution < 1.29 is 9.53 Å². The molecule has 1 saturated heterocycles. The summed E-state index contributed by atoms with van der Waals surface area (Å²) in [6, 6.07) is 5.45. The van der Waals surface area contributed by atoms with Crippen LogP contribution < -0.4 is 10.6 Å². The van der Waals surface area contributed by atoms with Crippen LogP contribution in [0, 0.1) is 0 Å². The van der Waals surface area contributed by atoms with Crippen LogP contribution in [0.15, 0.2) is 36.8 Å². The van der Waals surface area contributed by atoms with E-state index in [0.29, 0.717) is 24.3 Å². The van der Waals surface area contributed by atoms with Gasteiger partial charge in [0.2, 0.25) is 0 Å². The molecule has 2 aromatic rings. The van der Waals surface area contributed by atoms with Gasteiger partial charge >= 0.3 is 0 Å². The van der Waals surface area contributed by atoms with Crippen molar-refractivity contribution in [1.29, 1.82) is 0 Å². The van der Waals surface area contributed by atoms with Gasteiger partial charge < -0.3 is 15.4 Å². The maximum atomic E-state index is 12.5. The molecule has 1 amide bonds. The van der Waals surface area contributed by atoms with Crippen molar-refractivity contribution >= 4 is 11.6 Å². The normalized spacial score (nSPS) is 17.1. The van der Waals surface area contributed by atoms with Crippen LogP contribution in [0.25, 0.3) is 5.82 Å². The van der Waals surface area contributed by atoms with Crippen molar-refractivity contribution in [2.24, 2.45) is 0 Å². The molecule has 116 valence electrons. The van der Waals surface area contributed by atoms with Crippen LogP contribution >= 0.6 is 0 Å². The highest BCUT2D eigenvalue weighted by Gasteiger charge is 2.39. The second kappa shape index (κ2) is 6.25. The van der Waals surface area contributed by atoms with E-state index in [2.05, 4.69) is 20.7 Å². The Labute approximate surface area is 128 Å². The lowest BCUT2D eigenvalue weighted by molar-refractivity contribution is -0.140. The maximum absolute atomic E-state index is 12.5. The molecule has 3 rings (SSSR count). The molecule has 0 bridgehead atoms. The third-order valence-electron chi connectivity index (χ3n) is 3.96. The van der Waals surface area contributed by atoms with Gasteiger partial charge in [-0.25, -0.2) is 9.67 Å². The molecule has 0 saturated carbocycles. The van der Waals surface area contributed by atoms with Gasteiger partial charge in [-0.05, 0) is 44.1 Å². The Morgan fingerprint density at radius 1 is 1.41 bits per heavy atom. The molecule has 2 N–H and O–H groups in total. The summed E-state index contributed by atoms with van der Waals surface area (Å²) in [6.45, 7) is 1.55. The average molecular weight is 301 g/mol. The number of ether oxygens (including phenoxy) is 1. The minimum absolute atomic E-state index is 0.120. The first-order chi connectivity index (χ1) is 10.7. The van der Waals surface area contributed by atoms with Gasteiger partial charge in [0, 0.05) is 19.5 Å². The fourth-order valence-corrected chi connectivity index (χ4v) is 2.60. The molecule has 1 aliphatic heterocycles. The number of carbonyl (C=O) groups excluding carboxylic acids is 1. The Bertz CT molecular complexity index is 618. The smallest absolute Gasteiger partial charge is 0.256 e. The molecule has 1 fully saturated rings. The molecule has 0 radical (unpaired) electrons. The number of anilines is 1. The van der Waals surface area contributed by atoms with Crippen molar-refractivity contribution in [2.75, 3.05) is 25.5 Å². The molecule has 0 atom stereocenters. The third kappa shape index (κ3) is 2.86. The van der Waals surface area contributed by atoms with E-state index >= 15 is 0 Å².